The van der Waals surface area contributed by atoms with Crippen LogP contribution in [0.1, 0.15) is 39.6 Å². The van der Waals surface area contributed by atoms with E-state index in [1.807, 2.05) is 49.4 Å². The zero-order chi connectivity index (χ0) is 17.2. The summed E-state index contributed by atoms with van der Waals surface area (Å²) in [6, 6.07) is 15.9. The van der Waals surface area contributed by atoms with Crippen molar-refractivity contribution in [3.63, 3.8) is 0 Å². The monoisotopic (exact) mass is 334 g/mol. The number of fused-ring (bicyclic) bond motifs is 1. The lowest BCUT2D eigenvalue weighted by Crippen LogP contribution is -2.25. The van der Waals surface area contributed by atoms with Crippen molar-refractivity contribution >= 4 is 16.9 Å². The van der Waals surface area contributed by atoms with Crippen LogP contribution in [0, 0.1) is 6.92 Å². The Labute approximate surface area is 147 Å². The Kier molecular flexibility index (Phi) is 4.28. The molecule has 4 heteroatoms. The Morgan fingerprint density at radius 2 is 2.00 bits per heavy atom. The van der Waals surface area contributed by atoms with E-state index in [1.54, 1.807) is 0 Å². The highest BCUT2D eigenvalue weighted by Gasteiger charge is 2.22. The van der Waals surface area contributed by atoms with Crippen molar-refractivity contribution in [3.05, 3.63) is 71.0 Å². The second-order valence-electron chi connectivity index (χ2n) is 6.61. The Morgan fingerprint density at radius 3 is 2.80 bits per heavy atom. The van der Waals surface area contributed by atoms with Crippen LogP contribution in [0.4, 0.5) is 0 Å². The molecule has 1 unspecified atom stereocenters. The minimum Gasteiger partial charge on any atom is -0.459 e. The molecule has 0 saturated carbocycles. The van der Waals surface area contributed by atoms with E-state index >= 15 is 0 Å². The Bertz CT molecular complexity index is 907. The van der Waals surface area contributed by atoms with E-state index in [0.29, 0.717) is 12.5 Å². The number of carbonyl (C=O) groups excluding carboxylic acids is 1. The fourth-order valence-corrected chi connectivity index (χ4v) is 3.63. The van der Waals surface area contributed by atoms with Gasteiger partial charge in [0.25, 0.3) is 5.91 Å². The highest BCUT2D eigenvalue weighted by Crippen LogP contribution is 2.27. The molecule has 1 aliphatic heterocycles. The number of carbonyl (C=O) groups is 1. The number of hydrogen-bond donors (Lipinski definition) is 2. The van der Waals surface area contributed by atoms with Crippen LogP contribution in [0.2, 0.25) is 0 Å². The lowest BCUT2D eigenvalue weighted by atomic mass is 9.93. The van der Waals surface area contributed by atoms with Gasteiger partial charge in [0.15, 0.2) is 0 Å². The van der Waals surface area contributed by atoms with Crippen LogP contribution in [-0.2, 0) is 6.54 Å². The van der Waals surface area contributed by atoms with Crippen molar-refractivity contribution < 1.29 is 9.21 Å². The summed E-state index contributed by atoms with van der Waals surface area (Å²) < 4.78 is 5.89. The van der Waals surface area contributed by atoms with Crippen LogP contribution >= 0.6 is 0 Å². The van der Waals surface area contributed by atoms with E-state index in [1.165, 1.54) is 0 Å². The molecule has 2 N–H and O–H groups in total. The van der Waals surface area contributed by atoms with Crippen molar-refractivity contribution in [2.45, 2.75) is 25.8 Å². The molecule has 0 bridgehead atoms. The molecule has 0 aliphatic carbocycles. The first-order valence-corrected chi connectivity index (χ1v) is 8.79. The summed E-state index contributed by atoms with van der Waals surface area (Å²) in [5.74, 6) is 1.19. The van der Waals surface area contributed by atoms with Gasteiger partial charge in [-0.25, -0.2) is 0 Å². The zero-order valence-electron chi connectivity index (χ0n) is 14.3. The molecule has 1 fully saturated rings. The number of rotatable bonds is 4. The maximum absolute atomic E-state index is 12.7. The van der Waals surface area contributed by atoms with Gasteiger partial charge in [0.2, 0.25) is 0 Å². The van der Waals surface area contributed by atoms with Gasteiger partial charge in [-0.05, 0) is 43.5 Å². The number of para-hydroxylation sites is 1. The standard InChI is InChI=1S/C21H22N2O2/c1-14-16-6-4-5-9-19(16)25-20(14)13-23-21(24)18-8-3-2-7-17(18)15-10-11-22-12-15/h2-9,15,22H,10-13H2,1H3,(H,23,24). The summed E-state index contributed by atoms with van der Waals surface area (Å²) >= 11 is 0. The van der Waals surface area contributed by atoms with Crippen LogP contribution in [0.3, 0.4) is 0 Å². The number of hydrogen-bond acceptors (Lipinski definition) is 3. The van der Waals surface area contributed by atoms with Crippen LogP contribution in [0.5, 0.6) is 0 Å². The minimum atomic E-state index is -0.0395. The molecule has 4 rings (SSSR count). The third-order valence-corrected chi connectivity index (χ3v) is 5.06. The van der Waals surface area contributed by atoms with Gasteiger partial charge < -0.3 is 15.1 Å². The molecule has 0 radical (unpaired) electrons. The maximum atomic E-state index is 12.7. The van der Waals surface area contributed by atoms with Gasteiger partial charge in [-0.1, -0.05) is 36.4 Å². The average Bonchev–Trinajstić information content (AvgIpc) is 3.29. The molecular weight excluding hydrogens is 312 g/mol. The molecule has 1 saturated heterocycles. The van der Waals surface area contributed by atoms with E-state index in [-0.39, 0.29) is 5.91 Å². The Balaban J connectivity index is 1.53. The quantitative estimate of drug-likeness (QED) is 0.764. The molecule has 3 aromatic rings. The molecule has 25 heavy (non-hydrogen) atoms. The first kappa shape index (κ1) is 15.9. The normalized spacial score (nSPS) is 17.1. The maximum Gasteiger partial charge on any atom is 0.251 e. The van der Waals surface area contributed by atoms with Crippen molar-refractivity contribution in [1.82, 2.24) is 10.6 Å². The number of nitrogens with one attached hydrogen (secondary N) is 2. The summed E-state index contributed by atoms with van der Waals surface area (Å²) in [7, 11) is 0. The summed E-state index contributed by atoms with van der Waals surface area (Å²) in [5.41, 5.74) is 3.85. The van der Waals surface area contributed by atoms with Crippen molar-refractivity contribution in [3.8, 4) is 0 Å². The van der Waals surface area contributed by atoms with Gasteiger partial charge in [-0.2, -0.15) is 0 Å². The third-order valence-electron chi connectivity index (χ3n) is 5.06. The van der Waals surface area contributed by atoms with Crippen molar-refractivity contribution in [1.29, 1.82) is 0 Å². The smallest absolute Gasteiger partial charge is 0.251 e. The SMILES string of the molecule is Cc1c(CNC(=O)c2ccccc2C2CCNC2)oc2ccccc12. The topological polar surface area (TPSA) is 54.3 Å². The van der Waals surface area contributed by atoms with Crippen LogP contribution in [0.15, 0.2) is 52.9 Å². The number of benzene rings is 2. The second kappa shape index (κ2) is 6.73. The highest BCUT2D eigenvalue weighted by atomic mass is 16.3. The van der Waals surface area contributed by atoms with Gasteiger partial charge in [-0.15, -0.1) is 0 Å². The summed E-state index contributed by atoms with van der Waals surface area (Å²) in [4.78, 5) is 12.7. The molecular formula is C21H22N2O2. The van der Waals surface area contributed by atoms with Crippen LogP contribution in [-0.4, -0.2) is 19.0 Å². The molecule has 1 aromatic heterocycles. The number of aryl methyl sites for hydroxylation is 1. The molecule has 1 aliphatic rings. The molecule has 128 valence electrons. The van der Waals surface area contributed by atoms with Gasteiger partial charge in [0.1, 0.15) is 11.3 Å². The lowest BCUT2D eigenvalue weighted by molar-refractivity contribution is 0.0947. The first-order valence-electron chi connectivity index (χ1n) is 8.79. The first-order chi connectivity index (χ1) is 12.2. The predicted molar refractivity (Wildman–Crippen MR) is 98.8 cm³/mol. The van der Waals surface area contributed by atoms with Gasteiger partial charge in [0, 0.05) is 23.1 Å². The Morgan fingerprint density at radius 1 is 1.20 bits per heavy atom. The fraction of sp³-hybridized carbons (Fsp3) is 0.286. The molecule has 4 nitrogen and oxygen atoms in total. The zero-order valence-corrected chi connectivity index (χ0v) is 14.3. The Hall–Kier alpha value is -2.59. The van der Waals surface area contributed by atoms with Gasteiger partial charge in [-0.3, -0.25) is 4.79 Å². The third kappa shape index (κ3) is 3.05. The predicted octanol–water partition coefficient (Wildman–Crippen LogP) is 3.75. The van der Waals surface area contributed by atoms with Gasteiger partial charge >= 0.3 is 0 Å². The van der Waals surface area contributed by atoms with E-state index in [2.05, 4.69) is 16.7 Å². The minimum absolute atomic E-state index is 0.0395. The van der Waals surface area contributed by atoms with E-state index < -0.39 is 0 Å². The van der Waals surface area contributed by atoms with Crippen LogP contribution < -0.4 is 10.6 Å². The average molecular weight is 334 g/mol. The van der Waals surface area contributed by atoms with E-state index in [9.17, 15) is 4.79 Å². The largest absolute Gasteiger partial charge is 0.459 e. The summed E-state index contributed by atoms with van der Waals surface area (Å²) in [6.45, 7) is 4.38. The highest BCUT2D eigenvalue weighted by molar-refractivity contribution is 5.96. The van der Waals surface area contributed by atoms with Gasteiger partial charge in [0.05, 0.1) is 6.54 Å². The lowest BCUT2D eigenvalue weighted by Gasteiger charge is -2.14. The van der Waals surface area contributed by atoms with Crippen molar-refractivity contribution in [2.75, 3.05) is 13.1 Å². The molecule has 2 heterocycles. The summed E-state index contributed by atoms with van der Waals surface area (Å²) in [6.07, 6.45) is 1.08. The molecule has 0 spiro atoms. The van der Waals surface area contributed by atoms with E-state index in [4.69, 9.17) is 4.42 Å². The van der Waals surface area contributed by atoms with E-state index in [0.717, 1.165) is 52.9 Å². The van der Waals surface area contributed by atoms with Crippen molar-refractivity contribution in [2.24, 2.45) is 0 Å². The fourth-order valence-electron chi connectivity index (χ4n) is 3.63. The summed E-state index contributed by atoms with van der Waals surface area (Å²) in [5, 5.41) is 7.50. The molecule has 1 amide bonds. The number of furan rings is 1. The molecule has 2 aromatic carbocycles. The molecule has 1 atom stereocenters. The second-order valence-corrected chi connectivity index (χ2v) is 6.61. The van der Waals surface area contributed by atoms with Crippen LogP contribution in [0.25, 0.3) is 11.0 Å². The number of amides is 1.